The number of carbonyl (C=O) groups is 4. The summed E-state index contributed by atoms with van der Waals surface area (Å²) in [4.78, 5) is 57.1. The molecule has 2 saturated heterocycles. The maximum absolute atomic E-state index is 13.3. The molecule has 0 spiro atoms. The summed E-state index contributed by atoms with van der Waals surface area (Å²) in [7, 11) is 1.69. The highest BCUT2D eigenvalue weighted by atomic mass is 16.6. The highest BCUT2D eigenvalue weighted by Gasteiger charge is 2.68. The van der Waals surface area contributed by atoms with Crippen molar-refractivity contribution in [3.63, 3.8) is 0 Å². The van der Waals surface area contributed by atoms with Gasteiger partial charge in [0.25, 0.3) is 0 Å². The van der Waals surface area contributed by atoms with Gasteiger partial charge in [-0.15, -0.1) is 0 Å². The standard InChI is InChI=1S/C27H35N3O6/c1-18(31)36-27-10-9-19(21(32)17-27)23-24(27)26(34)30(25(23)33)12-6-5-11-28-13-15-29(16-14-28)20-7-3-4-8-22(20)35-2/h3-4,7-8,19,23-24H,5-6,9-17H2,1-2H3. The lowest BCUT2D eigenvalue weighted by molar-refractivity contribution is -0.189. The van der Waals surface area contributed by atoms with Gasteiger partial charge >= 0.3 is 5.97 Å². The molecule has 2 aliphatic heterocycles. The molecule has 0 N–H and O–H groups in total. The minimum atomic E-state index is -1.15. The summed E-state index contributed by atoms with van der Waals surface area (Å²) in [5.74, 6) is -2.02. The van der Waals surface area contributed by atoms with Crippen LogP contribution in [0.4, 0.5) is 5.69 Å². The first-order valence-electron chi connectivity index (χ1n) is 13.0. The summed E-state index contributed by atoms with van der Waals surface area (Å²) >= 11 is 0. The highest BCUT2D eigenvalue weighted by Crippen LogP contribution is 2.55. The van der Waals surface area contributed by atoms with Crippen LogP contribution in [-0.4, -0.2) is 85.3 Å². The van der Waals surface area contributed by atoms with E-state index in [4.69, 9.17) is 9.47 Å². The largest absolute Gasteiger partial charge is 0.495 e. The molecule has 5 fully saturated rings. The van der Waals surface area contributed by atoms with Crippen molar-refractivity contribution < 1.29 is 28.7 Å². The number of rotatable bonds is 8. The van der Waals surface area contributed by atoms with E-state index in [0.29, 0.717) is 25.8 Å². The highest BCUT2D eigenvalue weighted by molar-refractivity contribution is 6.09. The Balaban J connectivity index is 1.13. The fourth-order valence-corrected chi connectivity index (χ4v) is 6.80. The van der Waals surface area contributed by atoms with E-state index in [9.17, 15) is 19.2 Å². The summed E-state index contributed by atoms with van der Waals surface area (Å²) in [6.45, 7) is 6.27. The molecule has 194 valence electrons. The Morgan fingerprint density at radius 3 is 2.44 bits per heavy atom. The predicted molar refractivity (Wildman–Crippen MR) is 131 cm³/mol. The van der Waals surface area contributed by atoms with E-state index in [1.165, 1.54) is 11.8 Å². The number of amides is 2. The third kappa shape index (κ3) is 4.27. The number of hydrogen-bond donors (Lipinski definition) is 0. The van der Waals surface area contributed by atoms with Crippen LogP contribution in [0.2, 0.25) is 0 Å². The maximum atomic E-state index is 13.3. The van der Waals surface area contributed by atoms with Crippen molar-refractivity contribution in [3.05, 3.63) is 24.3 Å². The van der Waals surface area contributed by atoms with Crippen LogP contribution in [0.1, 0.15) is 39.0 Å². The Labute approximate surface area is 211 Å². The fourth-order valence-electron chi connectivity index (χ4n) is 6.80. The first-order chi connectivity index (χ1) is 17.3. The molecule has 36 heavy (non-hydrogen) atoms. The molecule has 0 radical (unpaired) electrons. The van der Waals surface area contributed by atoms with E-state index in [1.54, 1.807) is 7.11 Å². The number of benzene rings is 1. The molecule has 2 bridgehead atoms. The van der Waals surface area contributed by atoms with Crippen LogP contribution >= 0.6 is 0 Å². The van der Waals surface area contributed by atoms with Crippen LogP contribution in [0.15, 0.2) is 24.3 Å². The van der Waals surface area contributed by atoms with Gasteiger partial charge in [0, 0.05) is 52.0 Å². The van der Waals surface area contributed by atoms with Crippen LogP contribution in [0.25, 0.3) is 0 Å². The Bertz CT molecular complexity index is 1050. The smallest absolute Gasteiger partial charge is 0.303 e. The number of Topliss-reactive ketones (excluding diaryl/α,β-unsaturated/α-hetero) is 1. The van der Waals surface area contributed by atoms with Gasteiger partial charge in [0.15, 0.2) is 0 Å². The van der Waals surface area contributed by atoms with Crippen LogP contribution in [0.5, 0.6) is 5.75 Å². The number of ketones is 1. The van der Waals surface area contributed by atoms with E-state index in [0.717, 1.165) is 50.6 Å². The van der Waals surface area contributed by atoms with Crippen molar-refractivity contribution in [1.82, 2.24) is 9.80 Å². The molecule has 3 aliphatic carbocycles. The first-order valence-corrected chi connectivity index (χ1v) is 13.0. The Kier molecular flexibility index (Phi) is 6.76. The molecule has 5 aliphatic rings. The summed E-state index contributed by atoms with van der Waals surface area (Å²) < 4.78 is 11.1. The molecule has 9 heteroatoms. The lowest BCUT2D eigenvalue weighted by Crippen LogP contribution is -2.60. The summed E-state index contributed by atoms with van der Waals surface area (Å²) in [5, 5.41) is 0. The van der Waals surface area contributed by atoms with E-state index >= 15 is 0 Å². The van der Waals surface area contributed by atoms with Gasteiger partial charge in [-0.2, -0.15) is 0 Å². The van der Waals surface area contributed by atoms with Gasteiger partial charge in [-0.05, 0) is 44.4 Å². The van der Waals surface area contributed by atoms with Crippen molar-refractivity contribution in [3.8, 4) is 5.75 Å². The number of anilines is 1. The van der Waals surface area contributed by atoms with Gasteiger partial charge < -0.3 is 14.4 Å². The molecule has 6 rings (SSSR count). The number of carbonyl (C=O) groups excluding carboxylic acids is 4. The molecule has 1 aromatic carbocycles. The average molecular weight is 498 g/mol. The average Bonchev–Trinajstić information content (AvgIpc) is 3.13. The van der Waals surface area contributed by atoms with Crippen LogP contribution in [0, 0.1) is 17.8 Å². The second kappa shape index (κ2) is 9.84. The third-order valence-electron chi connectivity index (χ3n) is 8.46. The van der Waals surface area contributed by atoms with E-state index in [-0.39, 0.29) is 24.0 Å². The molecule has 4 unspecified atom stereocenters. The lowest BCUT2D eigenvalue weighted by Gasteiger charge is -2.49. The number of nitrogens with zero attached hydrogens (tertiary/aromatic N) is 3. The summed E-state index contributed by atoms with van der Waals surface area (Å²) in [6.07, 6.45) is 2.60. The van der Waals surface area contributed by atoms with E-state index < -0.39 is 29.3 Å². The van der Waals surface area contributed by atoms with Gasteiger partial charge in [-0.25, -0.2) is 0 Å². The summed E-state index contributed by atoms with van der Waals surface area (Å²) in [5.41, 5.74) is -0.0311. The number of unbranched alkanes of at least 4 members (excludes halogenated alkanes) is 1. The van der Waals surface area contributed by atoms with E-state index in [1.807, 2.05) is 18.2 Å². The van der Waals surface area contributed by atoms with Crippen LogP contribution in [-0.2, 0) is 23.9 Å². The monoisotopic (exact) mass is 497 g/mol. The second-order valence-electron chi connectivity index (χ2n) is 10.5. The third-order valence-corrected chi connectivity index (χ3v) is 8.46. The quantitative estimate of drug-likeness (QED) is 0.305. The molecule has 3 saturated carbocycles. The normalized spacial score (nSPS) is 30.1. The fraction of sp³-hybridized carbons (Fsp3) is 0.630. The molecular weight excluding hydrogens is 462 g/mol. The molecule has 0 aromatic heterocycles. The molecular formula is C27H35N3O6. The SMILES string of the molecule is COc1ccccc1N1CCN(CCCCN2C(=O)C3C4CCC(OC(C)=O)(CC4=O)C3C2=O)CC1. The van der Waals surface area contributed by atoms with Gasteiger partial charge in [0.05, 0.1) is 24.6 Å². The van der Waals surface area contributed by atoms with Crippen molar-refractivity contribution in [2.45, 2.75) is 44.6 Å². The molecule has 2 heterocycles. The van der Waals surface area contributed by atoms with Crippen molar-refractivity contribution in [1.29, 1.82) is 0 Å². The van der Waals surface area contributed by atoms with Crippen LogP contribution in [0.3, 0.4) is 0 Å². The number of ether oxygens (including phenoxy) is 2. The predicted octanol–water partition coefficient (Wildman–Crippen LogP) is 1.88. The number of hydrogen-bond acceptors (Lipinski definition) is 8. The molecule has 2 amide bonds. The lowest BCUT2D eigenvalue weighted by atomic mass is 9.56. The molecule has 1 aromatic rings. The van der Waals surface area contributed by atoms with Crippen molar-refractivity contribution >= 4 is 29.3 Å². The van der Waals surface area contributed by atoms with Crippen molar-refractivity contribution in [2.75, 3.05) is 51.3 Å². The summed E-state index contributed by atoms with van der Waals surface area (Å²) in [6, 6.07) is 8.06. The Hall–Kier alpha value is -2.94. The topological polar surface area (TPSA) is 96.5 Å². The number of para-hydroxylation sites is 2. The first kappa shape index (κ1) is 24.7. The molecule has 4 atom stereocenters. The number of fused-ring (bicyclic) bond motifs is 2. The van der Waals surface area contributed by atoms with Crippen LogP contribution < -0.4 is 9.64 Å². The number of esters is 1. The minimum Gasteiger partial charge on any atom is -0.495 e. The second-order valence-corrected chi connectivity index (χ2v) is 10.5. The zero-order chi connectivity index (χ0) is 25.4. The van der Waals surface area contributed by atoms with Gasteiger partial charge in [-0.1, -0.05) is 12.1 Å². The molecule has 9 nitrogen and oxygen atoms in total. The number of imide groups is 1. The maximum Gasteiger partial charge on any atom is 0.303 e. The van der Waals surface area contributed by atoms with Crippen molar-refractivity contribution in [2.24, 2.45) is 17.8 Å². The minimum absolute atomic E-state index is 0.0477. The number of methoxy groups -OCH3 is 1. The van der Waals surface area contributed by atoms with E-state index in [2.05, 4.69) is 15.9 Å². The van der Waals surface area contributed by atoms with Gasteiger partial charge in [0.2, 0.25) is 11.8 Å². The zero-order valence-electron chi connectivity index (χ0n) is 21.1. The number of piperazine rings is 1. The zero-order valence-corrected chi connectivity index (χ0v) is 21.1. The van der Waals surface area contributed by atoms with Gasteiger partial charge in [-0.3, -0.25) is 29.0 Å². The Morgan fingerprint density at radius 1 is 1.03 bits per heavy atom. The van der Waals surface area contributed by atoms with Gasteiger partial charge in [0.1, 0.15) is 17.1 Å². The Morgan fingerprint density at radius 2 is 1.75 bits per heavy atom. The number of likely N-dealkylation sites (tertiary alicyclic amines) is 1.